The molecule has 5 nitrogen and oxygen atoms in total. The summed E-state index contributed by atoms with van der Waals surface area (Å²) >= 11 is 0. The van der Waals surface area contributed by atoms with E-state index in [0.29, 0.717) is 12.4 Å². The fourth-order valence-corrected chi connectivity index (χ4v) is 1.36. The molecular formula is C14H18O5. The second-order valence-electron chi connectivity index (χ2n) is 3.95. The summed E-state index contributed by atoms with van der Waals surface area (Å²) in [6, 6.07) is 7.21. The molecule has 1 aromatic rings. The standard InChI is InChI=1S/C14H18O5/c1-11-5-3-4-6-12(11)19-14(16)8-7-13(15)18-10-9-17-2/h3-6H,7-10H2,1-2H3. The highest BCUT2D eigenvalue weighted by atomic mass is 16.6. The monoisotopic (exact) mass is 266 g/mol. The van der Waals surface area contributed by atoms with Gasteiger partial charge in [-0.15, -0.1) is 0 Å². The highest BCUT2D eigenvalue weighted by Gasteiger charge is 2.10. The Morgan fingerprint density at radius 1 is 1.05 bits per heavy atom. The number of ether oxygens (including phenoxy) is 3. The van der Waals surface area contributed by atoms with Crippen molar-refractivity contribution in [1.82, 2.24) is 0 Å². The van der Waals surface area contributed by atoms with Crippen LogP contribution in [0, 0.1) is 6.92 Å². The highest BCUT2D eigenvalue weighted by molar-refractivity contribution is 5.79. The van der Waals surface area contributed by atoms with Crippen molar-refractivity contribution in [3.05, 3.63) is 29.8 Å². The van der Waals surface area contributed by atoms with E-state index in [9.17, 15) is 9.59 Å². The number of rotatable bonds is 7. The van der Waals surface area contributed by atoms with Crippen molar-refractivity contribution in [2.75, 3.05) is 20.3 Å². The van der Waals surface area contributed by atoms with Crippen LogP contribution in [0.4, 0.5) is 0 Å². The molecule has 0 N–H and O–H groups in total. The molecule has 5 heteroatoms. The molecule has 0 aromatic heterocycles. The van der Waals surface area contributed by atoms with E-state index in [-0.39, 0.29) is 19.4 Å². The number of hydrogen-bond donors (Lipinski definition) is 0. The number of hydrogen-bond acceptors (Lipinski definition) is 5. The summed E-state index contributed by atoms with van der Waals surface area (Å²) in [5.74, 6) is -0.364. The van der Waals surface area contributed by atoms with Crippen LogP contribution < -0.4 is 4.74 Å². The first-order valence-electron chi connectivity index (χ1n) is 6.04. The summed E-state index contributed by atoms with van der Waals surface area (Å²) in [5.41, 5.74) is 0.874. The van der Waals surface area contributed by atoms with E-state index in [2.05, 4.69) is 0 Å². The first-order valence-corrected chi connectivity index (χ1v) is 6.04. The van der Waals surface area contributed by atoms with E-state index in [1.807, 2.05) is 19.1 Å². The lowest BCUT2D eigenvalue weighted by Gasteiger charge is -2.07. The minimum Gasteiger partial charge on any atom is -0.463 e. The van der Waals surface area contributed by atoms with E-state index >= 15 is 0 Å². The van der Waals surface area contributed by atoms with Gasteiger partial charge in [-0.2, -0.15) is 0 Å². The topological polar surface area (TPSA) is 61.8 Å². The smallest absolute Gasteiger partial charge is 0.311 e. The number of carbonyl (C=O) groups is 2. The second-order valence-corrected chi connectivity index (χ2v) is 3.95. The Balaban J connectivity index is 2.28. The Morgan fingerprint density at radius 3 is 2.42 bits per heavy atom. The van der Waals surface area contributed by atoms with Crippen molar-refractivity contribution >= 4 is 11.9 Å². The molecule has 0 aliphatic carbocycles. The molecule has 104 valence electrons. The summed E-state index contributed by atoms with van der Waals surface area (Å²) in [5, 5.41) is 0. The Kier molecular flexibility index (Phi) is 6.60. The predicted molar refractivity (Wildman–Crippen MR) is 68.9 cm³/mol. The maximum Gasteiger partial charge on any atom is 0.311 e. The Labute approximate surface area is 112 Å². The van der Waals surface area contributed by atoms with Gasteiger partial charge in [0.05, 0.1) is 19.4 Å². The van der Waals surface area contributed by atoms with Crippen LogP contribution in [0.25, 0.3) is 0 Å². The summed E-state index contributed by atoms with van der Waals surface area (Å²) in [7, 11) is 1.52. The number of aryl methyl sites for hydroxylation is 1. The molecule has 0 saturated carbocycles. The van der Waals surface area contributed by atoms with Crippen molar-refractivity contribution in [1.29, 1.82) is 0 Å². The van der Waals surface area contributed by atoms with Crippen molar-refractivity contribution < 1.29 is 23.8 Å². The predicted octanol–water partition coefficient (Wildman–Crippen LogP) is 1.87. The van der Waals surface area contributed by atoms with Crippen LogP contribution in [-0.4, -0.2) is 32.3 Å². The van der Waals surface area contributed by atoms with Crippen molar-refractivity contribution in [2.45, 2.75) is 19.8 Å². The fraction of sp³-hybridized carbons (Fsp3) is 0.429. The molecule has 0 aliphatic rings. The minimum absolute atomic E-state index is 0.000149. The largest absolute Gasteiger partial charge is 0.463 e. The molecule has 0 unspecified atom stereocenters. The number of benzene rings is 1. The van der Waals surface area contributed by atoms with E-state index in [1.54, 1.807) is 12.1 Å². The highest BCUT2D eigenvalue weighted by Crippen LogP contribution is 2.16. The summed E-state index contributed by atoms with van der Waals surface area (Å²) in [6.07, 6.45) is 0.00851. The number of para-hydroxylation sites is 1. The first kappa shape index (κ1) is 15.2. The fourth-order valence-electron chi connectivity index (χ4n) is 1.36. The molecule has 0 radical (unpaired) electrons. The first-order chi connectivity index (χ1) is 9.13. The summed E-state index contributed by atoms with van der Waals surface area (Å²) in [4.78, 5) is 22.8. The van der Waals surface area contributed by atoms with E-state index in [0.717, 1.165) is 5.56 Å². The van der Waals surface area contributed by atoms with Gasteiger partial charge >= 0.3 is 11.9 Å². The minimum atomic E-state index is -0.446. The Hall–Kier alpha value is -1.88. The molecule has 0 fully saturated rings. The van der Waals surface area contributed by atoms with Gasteiger partial charge in [0.2, 0.25) is 0 Å². The van der Waals surface area contributed by atoms with Crippen molar-refractivity contribution in [3.63, 3.8) is 0 Å². The van der Waals surface area contributed by atoms with Gasteiger partial charge in [0.1, 0.15) is 12.4 Å². The number of carbonyl (C=O) groups excluding carboxylic acids is 2. The van der Waals surface area contributed by atoms with Gasteiger partial charge in [-0.25, -0.2) is 0 Å². The molecule has 0 amide bonds. The zero-order chi connectivity index (χ0) is 14.1. The third-order valence-electron chi connectivity index (χ3n) is 2.40. The van der Waals surface area contributed by atoms with Crippen LogP contribution in [-0.2, 0) is 19.1 Å². The van der Waals surface area contributed by atoms with E-state index in [4.69, 9.17) is 14.2 Å². The zero-order valence-corrected chi connectivity index (χ0v) is 11.2. The quantitative estimate of drug-likeness (QED) is 0.428. The zero-order valence-electron chi connectivity index (χ0n) is 11.2. The SMILES string of the molecule is COCCOC(=O)CCC(=O)Oc1ccccc1C. The third kappa shape index (κ3) is 6.01. The molecule has 0 heterocycles. The average Bonchev–Trinajstić information content (AvgIpc) is 2.39. The van der Waals surface area contributed by atoms with Crippen molar-refractivity contribution in [3.8, 4) is 5.75 Å². The van der Waals surface area contributed by atoms with Gasteiger partial charge in [-0.05, 0) is 18.6 Å². The van der Waals surface area contributed by atoms with Gasteiger partial charge in [0.15, 0.2) is 0 Å². The molecule has 0 atom stereocenters. The Bertz CT molecular complexity index is 428. The van der Waals surface area contributed by atoms with Crippen LogP contribution in [0.15, 0.2) is 24.3 Å². The van der Waals surface area contributed by atoms with Crippen LogP contribution in [0.2, 0.25) is 0 Å². The summed E-state index contributed by atoms with van der Waals surface area (Å²) < 4.78 is 14.7. The maximum atomic E-state index is 11.5. The number of methoxy groups -OCH3 is 1. The van der Waals surface area contributed by atoms with Gasteiger partial charge in [-0.3, -0.25) is 9.59 Å². The van der Waals surface area contributed by atoms with Crippen LogP contribution in [0.3, 0.4) is 0 Å². The van der Waals surface area contributed by atoms with Crippen molar-refractivity contribution in [2.24, 2.45) is 0 Å². The van der Waals surface area contributed by atoms with Crippen LogP contribution >= 0.6 is 0 Å². The molecule has 1 aromatic carbocycles. The van der Waals surface area contributed by atoms with Gasteiger partial charge in [0, 0.05) is 7.11 Å². The van der Waals surface area contributed by atoms with Crippen LogP contribution in [0.1, 0.15) is 18.4 Å². The van der Waals surface area contributed by atoms with Gasteiger partial charge in [0.25, 0.3) is 0 Å². The third-order valence-corrected chi connectivity index (χ3v) is 2.40. The molecule has 0 saturated heterocycles. The lowest BCUT2D eigenvalue weighted by molar-refractivity contribution is -0.147. The van der Waals surface area contributed by atoms with Crippen LogP contribution in [0.5, 0.6) is 5.75 Å². The molecule has 0 spiro atoms. The van der Waals surface area contributed by atoms with Gasteiger partial charge < -0.3 is 14.2 Å². The molecule has 0 bridgehead atoms. The molecular weight excluding hydrogens is 248 g/mol. The average molecular weight is 266 g/mol. The molecule has 19 heavy (non-hydrogen) atoms. The number of esters is 2. The molecule has 1 rings (SSSR count). The summed E-state index contributed by atoms with van der Waals surface area (Å²) in [6.45, 7) is 2.39. The molecule has 0 aliphatic heterocycles. The van der Waals surface area contributed by atoms with E-state index < -0.39 is 11.9 Å². The lowest BCUT2D eigenvalue weighted by Crippen LogP contribution is -2.14. The van der Waals surface area contributed by atoms with E-state index in [1.165, 1.54) is 7.11 Å². The maximum absolute atomic E-state index is 11.5. The second kappa shape index (κ2) is 8.26. The Morgan fingerprint density at radius 2 is 1.74 bits per heavy atom. The van der Waals surface area contributed by atoms with Gasteiger partial charge in [-0.1, -0.05) is 18.2 Å². The lowest BCUT2D eigenvalue weighted by atomic mass is 10.2. The normalized spacial score (nSPS) is 10.0.